The van der Waals surface area contributed by atoms with Crippen molar-refractivity contribution in [2.45, 2.75) is 19.8 Å². The Morgan fingerprint density at radius 2 is 2.00 bits per heavy atom. The molecule has 1 heterocycles. The number of nitrogens with zero attached hydrogens (tertiary/aromatic N) is 2. The quantitative estimate of drug-likeness (QED) is 0.699. The molecule has 0 fully saturated rings. The van der Waals surface area contributed by atoms with Crippen molar-refractivity contribution in [3.63, 3.8) is 0 Å². The van der Waals surface area contributed by atoms with Crippen LogP contribution in [-0.4, -0.2) is 9.97 Å². The summed E-state index contributed by atoms with van der Waals surface area (Å²) in [7, 11) is 0. The van der Waals surface area contributed by atoms with Gasteiger partial charge in [-0.25, -0.2) is 9.97 Å². The molecule has 1 aromatic heterocycles. The molecule has 2 nitrogen and oxygen atoms in total. The van der Waals surface area contributed by atoms with Gasteiger partial charge < -0.3 is 0 Å². The van der Waals surface area contributed by atoms with E-state index in [1.165, 1.54) is 3.57 Å². The number of hydrogen-bond acceptors (Lipinski definition) is 2. The molecule has 0 bridgehead atoms. The summed E-state index contributed by atoms with van der Waals surface area (Å²) < 4.78 is 2.23. The Morgan fingerprint density at radius 3 is 2.67 bits per heavy atom. The first-order valence-electron chi connectivity index (χ1n) is 4.69. The molecule has 0 spiro atoms. The van der Waals surface area contributed by atoms with Gasteiger partial charge in [-0.05, 0) is 56.6 Å². The van der Waals surface area contributed by atoms with Gasteiger partial charge in [-0.15, -0.1) is 0 Å². The molecule has 0 radical (unpaired) electrons. The second-order valence-corrected chi connectivity index (χ2v) is 5.80. The Hall–Kier alpha value is -0.230. The monoisotopic (exact) mass is 376 g/mol. The average molecular weight is 377 g/mol. The van der Waals surface area contributed by atoms with Gasteiger partial charge in [0.1, 0.15) is 6.33 Å². The SMILES string of the molecule is CC(C)c1ncnc2c(Br)cc(I)cc12. The van der Waals surface area contributed by atoms with Crippen molar-refractivity contribution in [3.05, 3.63) is 32.2 Å². The van der Waals surface area contributed by atoms with E-state index >= 15 is 0 Å². The fourth-order valence-corrected chi connectivity index (χ4v) is 3.18. The average Bonchev–Trinajstić information content (AvgIpc) is 2.16. The van der Waals surface area contributed by atoms with Crippen LogP contribution in [0.4, 0.5) is 0 Å². The van der Waals surface area contributed by atoms with Crippen molar-refractivity contribution in [3.8, 4) is 0 Å². The zero-order chi connectivity index (χ0) is 11.0. The summed E-state index contributed by atoms with van der Waals surface area (Å²) in [6, 6.07) is 4.20. The van der Waals surface area contributed by atoms with Crippen LogP contribution in [0.5, 0.6) is 0 Å². The number of rotatable bonds is 1. The molecule has 0 aliphatic carbocycles. The van der Waals surface area contributed by atoms with Gasteiger partial charge in [0.25, 0.3) is 0 Å². The van der Waals surface area contributed by atoms with Crippen LogP contribution < -0.4 is 0 Å². The van der Waals surface area contributed by atoms with Gasteiger partial charge in [0.05, 0.1) is 11.2 Å². The van der Waals surface area contributed by atoms with Gasteiger partial charge in [0, 0.05) is 13.4 Å². The molecule has 0 unspecified atom stereocenters. The highest BCUT2D eigenvalue weighted by Gasteiger charge is 2.10. The van der Waals surface area contributed by atoms with Crippen LogP contribution in [0.15, 0.2) is 22.9 Å². The molecule has 78 valence electrons. The molecule has 0 amide bonds. The van der Waals surface area contributed by atoms with Crippen molar-refractivity contribution >= 4 is 49.4 Å². The normalized spacial score (nSPS) is 11.3. The third-order valence-electron chi connectivity index (χ3n) is 2.23. The van der Waals surface area contributed by atoms with Gasteiger partial charge >= 0.3 is 0 Å². The molecule has 0 atom stereocenters. The summed E-state index contributed by atoms with van der Waals surface area (Å²) in [4.78, 5) is 8.66. The minimum absolute atomic E-state index is 0.417. The summed E-state index contributed by atoms with van der Waals surface area (Å²) >= 11 is 5.84. The fourth-order valence-electron chi connectivity index (χ4n) is 1.57. The van der Waals surface area contributed by atoms with Gasteiger partial charge in [0.2, 0.25) is 0 Å². The first kappa shape index (κ1) is 11.3. The molecule has 0 N–H and O–H groups in total. The van der Waals surface area contributed by atoms with Gasteiger partial charge in [-0.2, -0.15) is 0 Å². The number of hydrogen-bond donors (Lipinski definition) is 0. The van der Waals surface area contributed by atoms with Crippen molar-refractivity contribution in [2.24, 2.45) is 0 Å². The van der Waals surface area contributed by atoms with Crippen LogP contribution in [0, 0.1) is 3.57 Å². The minimum Gasteiger partial charge on any atom is -0.240 e. The number of benzene rings is 1. The molecular weight excluding hydrogens is 367 g/mol. The van der Waals surface area contributed by atoms with Gasteiger partial charge in [-0.1, -0.05) is 13.8 Å². The van der Waals surface area contributed by atoms with E-state index in [0.717, 1.165) is 21.1 Å². The topological polar surface area (TPSA) is 25.8 Å². The predicted octanol–water partition coefficient (Wildman–Crippen LogP) is 4.12. The number of aromatic nitrogens is 2. The van der Waals surface area contributed by atoms with E-state index in [2.05, 4.69) is 74.5 Å². The molecule has 0 aliphatic rings. The largest absolute Gasteiger partial charge is 0.240 e. The van der Waals surface area contributed by atoms with Crippen LogP contribution in [-0.2, 0) is 0 Å². The number of halogens is 2. The molecule has 15 heavy (non-hydrogen) atoms. The summed E-state index contributed by atoms with van der Waals surface area (Å²) in [6.45, 7) is 4.30. The van der Waals surface area contributed by atoms with E-state index in [1.54, 1.807) is 6.33 Å². The zero-order valence-corrected chi connectivity index (χ0v) is 12.2. The van der Waals surface area contributed by atoms with Crippen LogP contribution in [0.3, 0.4) is 0 Å². The second-order valence-electron chi connectivity index (χ2n) is 3.70. The van der Waals surface area contributed by atoms with E-state index < -0.39 is 0 Å². The smallest absolute Gasteiger partial charge is 0.116 e. The Bertz CT molecular complexity index is 511. The van der Waals surface area contributed by atoms with E-state index in [0.29, 0.717) is 5.92 Å². The fraction of sp³-hybridized carbons (Fsp3) is 0.273. The Labute approximate surface area is 111 Å². The Balaban J connectivity index is 2.85. The van der Waals surface area contributed by atoms with Crippen molar-refractivity contribution < 1.29 is 0 Å². The predicted molar refractivity (Wildman–Crippen MR) is 74.0 cm³/mol. The highest BCUT2D eigenvalue weighted by Crippen LogP contribution is 2.29. The van der Waals surface area contributed by atoms with Crippen LogP contribution in [0.25, 0.3) is 10.9 Å². The zero-order valence-electron chi connectivity index (χ0n) is 8.46. The van der Waals surface area contributed by atoms with Gasteiger partial charge in [0.15, 0.2) is 0 Å². The third-order valence-corrected chi connectivity index (χ3v) is 3.46. The van der Waals surface area contributed by atoms with Gasteiger partial charge in [-0.3, -0.25) is 0 Å². The maximum Gasteiger partial charge on any atom is 0.116 e. The highest BCUT2D eigenvalue weighted by molar-refractivity contribution is 14.1. The third kappa shape index (κ3) is 2.15. The van der Waals surface area contributed by atoms with Crippen molar-refractivity contribution in [1.82, 2.24) is 9.97 Å². The van der Waals surface area contributed by atoms with Crippen LogP contribution >= 0.6 is 38.5 Å². The summed E-state index contributed by atoms with van der Waals surface area (Å²) in [6.07, 6.45) is 1.63. The second kappa shape index (κ2) is 4.33. The summed E-state index contributed by atoms with van der Waals surface area (Å²) in [5.74, 6) is 0.417. The maximum atomic E-state index is 4.35. The van der Waals surface area contributed by atoms with Crippen LogP contribution in [0.2, 0.25) is 0 Å². The first-order chi connectivity index (χ1) is 7.09. The lowest BCUT2D eigenvalue weighted by Gasteiger charge is -2.09. The summed E-state index contributed by atoms with van der Waals surface area (Å²) in [5, 5.41) is 1.14. The molecular formula is C11H10BrIN2. The number of fused-ring (bicyclic) bond motifs is 1. The highest BCUT2D eigenvalue weighted by atomic mass is 127. The molecule has 1 aromatic carbocycles. The van der Waals surface area contributed by atoms with Crippen LogP contribution in [0.1, 0.15) is 25.5 Å². The van der Waals surface area contributed by atoms with Crippen molar-refractivity contribution in [2.75, 3.05) is 0 Å². The maximum absolute atomic E-state index is 4.35. The lowest BCUT2D eigenvalue weighted by Crippen LogP contribution is -1.96. The van der Waals surface area contributed by atoms with E-state index in [1.807, 2.05) is 0 Å². The molecule has 0 saturated carbocycles. The molecule has 2 aromatic rings. The molecule has 0 aliphatic heterocycles. The molecule has 0 saturated heterocycles. The standard InChI is InChI=1S/C11H10BrIN2/c1-6(2)10-8-3-7(13)4-9(12)11(8)15-5-14-10/h3-6H,1-2H3. The lowest BCUT2D eigenvalue weighted by molar-refractivity contribution is 0.828. The van der Waals surface area contributed by atoms with Crippen molar-refractivity contribution in [1.29, 1.82) is 0 Å². The first-order valence-corrected chi connectivity index (χ1v) is 6.56. The molecule has 4 heteroatoms. The molecule has 2 rings (SSSR count). The van der Waals surface area contributed by atoms with E-state index in [4.69, 9.17) is 0 Å². The Kier molecular flexibility index (Phi) is 3.25. The van der Waals surface area contributed by atoms with E-state index in [9.17, 15) is 0 Å². The minimum atomic E-state index is 0.417. The Morgan fingerprint density at radius 1 is 1.27 bits per heavy atom. The summed E-state index contributed by atoms with van der Waals surface area (Å²) in [5.41, 5.74) is 2.10. The lowest BCUT2D eigenvalue weighted by atomic mass is 10.1. The van der Waals surface area contributed by atoms with E-state index in [-0.39, 0.29) is 0 Å².